The Morgan fingerprint density at radius 1 is 1.25 bits per heavy atom. The van der Waals surface area contributed by atoms with Crippen molar-refractivity contribution >= 4 is 34.6 Å². The van der Waals surface area contributed by atoms with Crippen LogP contribution in [0.5, 0.6) is 0 Å². The minimum atomic E-state index is -1.10. The molecule has 0 atom stereocenters. The molecule has 3 aromatic rings. The summed E-state index contributed by atoms with van der Waals surface area (Å²) in [4.78, 5) is 30.3. The fourth-order valence-corrected chi connectivity index (χ4v) is 2.51. The van der Waals surface area contributed by atoms with Gasteiger partial charge in [-0.05, 0) is 17.8 Å². The lowest BCUT2D eigenvalue weighted by molar-refractivity contribution is 0.0692. The molecule has 0 aliphatic carbocycles. The van der Waals surface area contributed by atoms with Crippen LogP contribution in [0.1, 0.15) is 10.4 Å². The smallest absolute Gasteiger partial charge is 0.338 e. The molecule has 0 bridgehead atoms. The highest BCUT2D eigenvalue weighted by molar-refractivity contribution is 7.99. The molecule has 0 spiro atoms. The number of hydrogen-bond acceptors (Lipinski definition) is 7. The van der Waals surface area contributed by atoms with Gasteiger partial charge in [0.15, 0.2) is 5.65 Å². The number of carbonyl (C=O) groups is 1. The Hall–Kier alpha value is -2.68. The van der Waals surface area contributed by atoms with Gasteiger partial charge in [-0.25, -0.2) is 24.7 Å². The first kappa shape index (κ1) is 12.4. The number of aromatic carboxylic acids is 1. The lowest BCUT2D eigenvalue weighted by Crippen LogP contribution is -2.03. The van der Waals surface area contributed by atoms with Gasteiger partial charge >= 0.3 is 5.97 Å². The highest BCUT2D eigenvalue weighted by Crippen LogP contribution is 2.31. The van der Waals surface area contributed by atoms with Gasteiger partial charge in [-0.3, -0.25) is 0 Å². The van der Waals surface area contributed by atoms with Crippen molar-refractivity contribution in [1.29, 1.82) is 0 Å². The molecular weight excluding hydrogens is 280 g/mol. The number of fused-ring (bicyclic) bond motifs is 1. The van der Waals surface area contributed by atoms with Crippen LogP contribution in [-0.2, 0) is 0 Å². The first-order valence-electron chi connectivity index (χ1n) is 5.46. The van der Waals surface area contributed by atoms with Crippen LogP contribution in [0.4, 0.5) is 5.69 Å². The molecule has 0 aliphatic heterocycles. The molecule has 0 fully saturated rings. The Balaban J connectivity index is 2.07. The summed E-state index contributed by atoms with van der Waals surface area (Å²) < 4.78 is 0. The molecule has 0 radical (unpaired) electrons. The fraction of sp³-hybridized carbons (Fsp3) is 0. The molecule has 100 valence electrons. The Morgan fingerprint density at radius 2 is 2.10 bits per heavy atom. The Bertz CT molecular complexity index is 802. The molecule has 0 unspecified atom stereocenters. The number of pyridine rings is 1. The third-order valence-corrected chi connectivity index (χ3v) is 3.51. The van der Waals surface area contributed by atoms with Crippen molar-refractivity contribution in [2.45, 2.75) is 10.1 Å². The number of aromatic amines is 1. The second-order valence-electron chi connectivity index (χ2n) is 3.81. The van der Waals surface area contributed by atoms with E-state index in [0.29, 0.717) is 26.9 Å². The molecule has 0 saturated heterocycles. The average molecular weight is 288 g/mol. The standard InChI is InChI=1S/C11H8N6O2S/c12-5-1-6(11(18)19)9(13-2-5)20-10-7-8(15-3-14-7)16-4-17-10/h1-4H,12H2,(H,18,19)(H,14,15,16,17). The quantitative estimate of drug-likeness (QED) is 0.612. The van der Waals surface area contributed by atoms with Crippen LogP contribution in [0.3, 0.4) is 0 Å². The predicted molar refractivity (Wildman–Crippen MR) is 71.4 cm³/mol. The highest BCUT2D eigenvalue weighted by atomic mass is 32.2. The van der Waals surface area contributed by atoms with Crippen molar-refractivity contribution < 1.29 is 9.90 Å². The molecular formula is C11H8N6O2S. The van der Waals surface area contributed by atoms with Gasteiger partial charge in [0.25, 0.3) is 0 Å². The normalized spacial score (nSPS) is 10.8. The monoisotopic (exact) mass is 288 g/mol. The fourth-order valence-electron chi connectivity index (χ4n) is 1.61. The summed E-state index contributed by atoms with van der Waals surface area (Å²) in [5.41, 5.74) is 7.02. The Morgan fingerprint density at radius 3 is 2.90 bits per heavy atom. The molecule has 0 amide bonds. The van der Waals surface area contributed by atoms with E-state index < -0.39 is 5.97 Å². The van der Waals surface area contributed by atoms with Crippen molar-refractivity contribution in [3.63, 3.8) is 0 Å². The van der Waals surface area contributed by atoms with Gasteiger partial charge in [0.05, 0.1) is 23.8 Å². The minimum absolute atomic E-state index is 0.0290. The summed E-state index contributed by atoms with van der Waals surface area (Å²) in [6.45, 7) is 0. The number of hydrogen-bond donors (Lipinski definition) is 3. The van der Waals surface area contributed by atoms with Crippen LogP contribution in [0, 0.1) is 0 Å². The van der Waals surface area contributed by atoms with Crippen molar-refractivity contribution in [3.8, 4) is 0 Å². The summed E-state index contributed by atoms with van der Waals surface area (Å²) in [7, 11) is 0. The number of nitrogens with zero attached hydrogens (tertiary/aromatic N) is 4. The number of aromatic nitrogens is 5. The summed E-state index contributed by atoms with van der Waals surface area (Å²) in [5, 5.41) is 10.0. The highest BCUT2D eigenvalue weighted by Gasteiger charge is 2.16. The van der Waals surface area contributed by atoms with Crippen molar-refractivity contribution in [1.82, 2.24) is 24.9 Å². The molecule has 20 heavy (non-hydrogen) atoms. The summed E-state index contributed by atoms with van der Waals surface area (Å²) in [5.74, 6) is -1.10. The van der Waals surface area contributed by atoms with E-state index in [-0.39, 0.29) is 5.56 Å². The number of nitrogens with one attached hydrogen (secondary N) is 1. The van der Waals surface area contributed by atoms with Crippen LogP contribution in [-0.4, -0.2) is 36.0 Å². The summed E-state index contributed by atoms with van der Waals surface area (Å²) in [6.07, 6.45) is 4.27. The van der Waals surface area contributed by atoms with Crippen molar-refractivity contribution in [2.75, 3.05) is 5.73 Å². The van der Waals surface area contributed by atoms with Gasteiger partial charge in [0, 0.05) is 0 Å². The number of rotatable bonds is 3. The second kappa shape index (κ2) is 4.78. The van der Waals surface area contributed by atoms with Crippen LogP contribution in [0.2, 0.25) is 0 Å². The molecule has 9 heteroatoms. The molecule has 4 N–H and O–H groups in total. The zero-order valence-electron chi connectivity index (χ0n) is 9.94. The zero-order chi connectivity index (χ0) is 14.1. The zero-order valence-corrected chi connectivity index (χ0v) is 10.8. The number of anilines is 1. The first-order valence-corrected chi connectivity index (χ1v) is 6.27. The van der Waals surface area contributed by atoms with Crippen molar-refractivity contribution in [2.24, 2.45) is 0 Å². The maximum Gasteiger partial charge on any atom is 0.338 e. The van der Waals surface area contributed by atoms with Gasteiger partial charge < -0.3 is 15.8 Å². The van der Waals surface area contributed by atoms with Crippen molar-refractivity contribution in [3.05, 3.63) is 30.5 Å². The largest absolute Gasteiger partial charge is 0.478 e. The summed E-state index contributed by atoms with van der Waals surface area (Å²) >= 11 is 1.12. The van der Waals surface area contributed by atoms with Crippen LogP contribution < -0.4 is 5.73 Å². The number of carboxylic acid groups (broad SMARTS) is 1. The maximum atomic E-state index is 11.2. The number of carboxylic acids is 1. The summed E-state index contributed by atoms with van der Waals surface area (Å²) in [6, 6.07) is 1.36. The lowest BCUT2D eigenvalue weighted by atomic mass is 10.3. The van der Waals surface area contributed by atoms with E-state index in [9.17, 15) is 9.90 Å². The topological polar surface area (TPSA) is 131 Å². The van der Waals surface area contributed by atoms with E-state index in [0.717, 1.165) is 11.8 Å². The molecule has 3 aromatic heterocycles. The molecule has 3 rings (SSSR count). The van der Waals surface area contributed by atoms with E-state index in [1.165, 1.54) is 24.9 Å². The Labute approximate surface area is 116 Å². The number of imidazole rings is 1. The van der Waals surface area contributed by atoms with Crippen LogP contribution in [0.25, 0.3) is 11.2 Å². The predicted octanol–water partition coefficient (Wildman–Crippen LogP) is 1.18. The lowest BCUT2D eigenvalue weighted by Gasteiger charge is -2.05. The van der Waals surface area contributed by atoms with E-state index in [1.807, 2.05) is 0 Å². The first-order chi connectivity index (χ1) is 9.65. The second-order valence-corrected chi connectivity index (χ2v) is 4.79. The van der Waals surface area contributed by atoms with Gasteiger partial charge in [-0.2, -0.15) is 0 Å². The number of H-pyrrole nitrogens is 1. The van der Waals surface area contributed by atoms with E-state index in [4.69, 9.17) is 5.73 Å². The van der Waals surface area contributed by atoms with Gasteiger partial charge in [0.1, 0.15) is 21.9 Å². The van der Waals surface area contributed by atoms with Gasteiger partial charge in [-0.15, -0.1) is 0 Å². The average Bonchev–Trinajstić information content (AvgIpc) is 2.90. The maximum absolute atomic E-state index is 11.2. The van der Waals surface area contributed by atoms with Crippen LogP contribution in [0.15, 0.2) is 35.0 Å². The van der Waals surface area contributed by atoms with E-state index in [1.54, 1.807) is 0 Å². The molecule has 0 aliphatic rings. The van der Waals surface area contributed by atoms with Gasteiger partial charge in [0.2, 0.25) is 0 Å². The minimum Gasteiger partial charge on any atom is -0.478 e. The van der Waals surface area contributed by atoms with Crippen LogP contribution >= 0.6 is 11.8 Å². The van der Waals surface area contributed by atoms with E-state index >= 15 is 0 Å². The molecule has 3 heterocycles. The number of nitrogen functional groups attached to an aromatic ring is 1. The number of nitrogens with two attached hydrogens (primary N) is 1. The van der Waals surface area contributed by atoms with E-state index in [2.05, 4.69) is 24.9 Å². The molecule has 8 nitrogen and oxygen atoms in total. The van der Waals surface area contributed by atoms with Gasteiger partial charge in [-0.1, -0.05) is 0 Å². The third kappa shape index (κ3) is 2.14. The third-order valence-electron chi connectivity index (χ3n) is 2.48. The SMILES string of the molecule is Nc1cnc(Sc2ncnc3nc[nH]c23)c(C(=O)O)c1. The Kier molecular flexibility index (Phi) is 2.95. The molecule has 0 aromatic carbocycles. The molecule has 0 saturated carbocycles.